The number of aromatic nitrogens is 2. The van der Waals surface area contributed by atoms with Crippen molar-refractivity contribution in [1.82, 2.24) is 9.78 Å². The fourth-order valence-corrected chi connectivity index (χ4v) is 2.37. The molecular formula is C15H21N3. The van der Waals surface area contributed by atoms with Gasteiger partial charge in [-0.2, -0.15) is 5.10 Å². The van der Waals surface area contributed by atoms with Crippen molar-refractivity contribution in [2.24, 2.45) is 12.8 Å². The first-order valence-corrected chi connectivity index (χ1v) is 6.30. The predicted octanol–water partition coefficient (Wildman–Crippen LogP) is 2.44. The Morgan fingerprint density at radius 3 is 2.39 bits per heavy atom. The van der Waals surface area contributed by atoms with Gasteiger partial charge in [-0.1, -0.05) is 18.2 Å². The Balaban J connectivity index is 2.45. The van der Waals surface area contributed by atoms with Crippen LogP contribution in [0.25, 0.3) is 0 Å². The smallest absolute Gasteiger partial charge is 0.0596 e. The van der Waals surface area contributed by atoms with Crippen LogP contribution in [0.2, 0.25) is 0 Å². The highest BCUT2D eigenvalue weighted by atomic mass is 15.3. The number of hydrogen-bond acceptors (Lipinski definition) is 2. The van der Waals surface area contributed by atoms with E-state index in [9.17, 15) is 0 Å². The van der Waals surface area contributed by atoms with Crippen molar-refractivity contribution in [2.45, 2.75) is 26.7 Å². The Bertz CT molecular complexity index is 555. The second-order valence-corrected chi connectivity index (χ2v) is 4.97. The zero-order valence-electron chi connectivity index (χ0n) is 11.6. The number of aryl methyl sites for hydroxylation is 4. The van der Waals surface area contributed by atoms with Gasteiger partial charge in [0.25, 0.3) is 0 Å². The van der Waals surface area contributed by atoms with Gasteiger partial charge < -0.3 is 5.73 Å². The lowest BCUT2D eigenvalue weighted by Crippen LogP contribution is -2.17. The van der Waals surface area contributed by atoms with Crippen LogP contribution in [0.4, 0.5) is 0 Å². The van der Waals surface area contributed by atoms with Crippen molar-refractivity contribution >= 4 is 0 Å². The van der Waals surface area contributed by atoms with Crippen LogP contribution in [-0.4, -0.2) is 16.3 Å². The van der Waals surface area contributed by atoms with Crippen molar-refractivity contribution in [3.05, 3.63) is 52.3 Å². The molecule has 3 nitrogen and oxygen atoms in total. The standard InChI is InChI=1S/C15H21N3/c1-10-5-6-13(7-11(10)2)14(9-16)15-8-12(3)17-18(15)4/h5-8,14H,9,16H2,1-4H3. The molecule has 0 aliphatic heterocycles. The van der Waals surface area contributed by atoms with E-state index in [1.54, 1.807) is 0 Å². The van der Waals surface area contributed by atoms with Crippen molar-refractivity contribution in [3.63, 3.8) is 0 Å². The molecule has 0 aliphatic carbocycles. The highest BCUT2D eigenvalue weighted by Gasteiger charge is 2.17. The van der Waals surface area contributed by atoms with Gasteiger partial charge in [-0.05, 0) is 43.5 Å². The minimum atomic E-state index is 0.218. The molecule has 0 amide bonds. The summed E-state index contributed by atoms with van der Waals surface area (Å²) in [5.74, 6) is 0.218. The average molecular weight is 243 g/mol. The highest BCUT2D eigenvalue weighted by molar-refractivity contribution is 5.36. The van der Waals surface area contributed by atoms with Gasteiger partial charge in [-0.3, -0.25) is 4.68 Å². The Kier molecular flexibility index (Phi) is 3.53. The Morgan fingerprint density at radius 1 is 1.17 bits per heavy atom. The molecule has 0 spiro atoms. The molecule has 96 valence electrons. The SMILES string of the molecule is Cc1cc(C(CN)c2ccc(C)c(C)c2)n(C)n1. The number of nitrogens with zero attached hydrogens (tertiary/aromatic N) is 2. The summed E-state index contributed by atoms with van der Waals surface area (Å²) in [5, 5.41) is 4.41. The van der Waals surface area contributed by atoms with E-state index in [1.807, 2.05) is 18.7 Å². The summed E-state index contributed by atoms with van der Waals surface area (Å²) in [6.45, 7) is 6.88. The average Bonchev–Trinajstić information content (AvgIpc) is 2.64. The van der Waals surface area contributed by atoms with Crippen LogP contribution in [0.3, 0.4) is 0 Å². The quantitative estimate of drug-likeness (QED) is 0.899. The lowest BCUT2D eigenvalue weighted by molar-refractivity contribution is 0.660. The van der Waals surface area contributed by atoms with Crippen LogP contribution < -0.4 is 5.73 Å². The molecule has 3 heteroatoms. The first kappa shape index (κ1) is 12.8. The first-order valence-electron chi connectivity index (χ1n) is 6.30. The molecule has 0 fully saturated rings. The van der Waals surface area contributed by atoms with Gasteiger partial charge in [0.2, 0.25) is 0 Å². The lowest BCUT2D eigenvalue weighted by Gasteiger charge is -2.17. The summed E-state index contributed by atoms with van der Waals surface area (Å²) in [7, 11) is 1.98. The molecule has 0 aliphatic rings. The Labute approximate surface area is 109 Å². The van der Waals surface area contributed by atoms with E-state index in [-0.39, 0.29) is 5.92 Å². The fraction of sp³-hybridized carbons (Fsp3) is 0.400. The molecule has 0 saturated heterocycles. The number of nitrogens with two attached hydrogens (primary N) is 1. The van der Waals surface area contributed by atoms with Crippen LogP contribution in [0.1, 0.15) is 34.0 Å². The third kappa shape index (κ3) is 2.31. The summed E-state index contributed by atoms with van der Waals surface area (Å²) in [6.07, 6.45) is 0. The maximum absolute atomic E-state index is 5.96. The molecule has 1 heterocycles. The number of hydrogen-bond donors (Lipinski definition) is 1. The normalized spacial score (nSPS) is 12.7. The van der Waals surface area contributed by atoms with Crippen LogP contribution in [-0.2, 0) is 7.05 Å². The molecule has 1 aromatic heterocycles. The largest absolute Gasteiger partial charge is 0.329 e. The molecule has 2 aromatic rings. The summed E-state index contributed by atoms with van der Waals surface area (Å²) < 4.78 is 1.93. The Hall–Kier alpha value is -1.61. The van der Waals surface area contributed by atoms with E-state index in [0.717, 1.165) is 5.69 Å². The molecule has 0 saturated carbocycles. The fourth-order valence-electron chi connectivity index (χ4n) is 2.37. The minimum Gasteiger partial charge on any atom is -0.329 e. The summed E-state index contributed by atoms with van der Waals surface area (Å²) in [5.41, 5.74) is 12.1. The Morgan fingerprint density at radius 2 is 1.89 bits per heavy atom. The summed E-state index contributed by atoms with van der Waals surface area (Å²) in [6, 6.07) is 8.68. The second kappa shape index (κ2) is 4.94. The summed E-state index contributed by atoms with van der Waals surface area (Å²) >= 11 is 0. The lowest BCUT2D eigenvalue weighted by atomic mass is 9.93. The van der Waals surface area contributed by atoms with Crippen molar-refractivity contribution < 1.29 is 0 Å². The molecule has 2 rings (SSSR count). The zero-order valence-corrected chi connectivity index (χ0v) is 11.6. The maximum atomic E-state index is 5.96. The van der Waals surface area contributed by atoms with E-state index < -0.39 is 0 Å². The predicted molar refractivity (Wildman–Crippen MR) is 74.8 cm³/mol. The topological polar surface area (TPSA) is 43.8 Å². The van der Waals surface area contributed by atoms with Gasteiger partial charge in [-0.25, -0.2) is 0 Å². The maximum Gasteiger partial charge on any atom is 0.0596 e. The van der Waals surface area contributed by atoms with Gasteiger partial charge in [-0.15, -0.1) is 0 Å². The highest BCUT2D eigenvalue weighted by Crippen LogP contribution is 2.25. The van der Waals surface area contributed by atoms with Crippen molar-refractivity contribution in [3.8, 4) is 0 Å². The molecule has 1 atom stereocenters. The zero-order chi connectivity index (χ0) is 13.3. The van der Waals surface area contributed by atoms with Crippen molar-refractivity contribution in [2.75, 3.05) is 6.54 Å². The molecule has 0 bridgehead atoms. The van der Waals surface area contributed by atoms with Crippen molar-refractivity contribution in [1.29, 1.82) is 0 Å². The van der Waals surface area contributed by atoms with Gasteiger partial charge >= 0.3 is 0 Å². The van der Waals surface area contributed by atoms with E-state index in [2.05, 4.69) is 43.2 Å². The first-order chi connectivity index (χ1) is 8.52. The third-order valence-corrected chi connectivity index (χ3v) is 3.56. The minimum absolute atomic E-state index is 0.218. The van der Waals surface area contributed by atoms with Gasteiger partial charge in [0.05, 0.1) is 5.69 Å². The number of rotatable bonds is 3. The van der Waals surface area contributed by atoms with Gasteiger partial charge in [0, 0.05) is 25.2 Å². The van der Waals surface area contributed by atoms with Crippen LogP contribution in [0, 0.1) is 20.8 Å². The summed E-state index contributed by atoms with van der Waals surface area (Å²) in [4.78, 5) is 0. The second-order valence-electron chi connectivity index (χ2n) is 4.97. The van der Waals surface area contributed by atoms with Crippen LogP contribution in [0.15, 0.2) is 24.3 Å². The van der Waals surface area contributed by atoms with E-state index >= 15 is 0 Å². The van der Waals surface area contributed by atoms with Crippen LogP contribution in [0.5, 0.6) is 0 Å². The molecule has 0 radical (unpaired) electrons. The van der Waals surface area contributed by atoms with E-state index in [1.165, 1.54) is 22.4 Å². The molecule has 18 heavy (non-hydrogen) atoms. The number of benzene rings is 1. The molecular weight excluding hydrogens is 222 g/mol. The third-order valence-electron chi connectivity index (χ3n) is 3.56. The van der Waals surface area contributed by atoms with E-state index in [0.29, 0.717) is 6.54 Å². The molecule has 1 aromatic carbocycles. The van der Waals surface area contributed by atoms with E-state index in [4.69, 9.17) is 5.73 Å². The monoisotopic (exact) mass is 243 g/mol. The van der Waals surface area contributed by atoms with Crippen LogP contribution >= 0.6 is 0 Å². The van der Waals surface area contributed by atoms with Gasteiger partial charge in [0.15, 0.2) is 0 Å². The molecule has 2 N–H and O–H groups in total. The van der Waals surface area contributed by atoms with Gasteiger partial charge in [0.1, 0.15) is 0 Å². The molecule has 1 unspecified atom stereocenters.